The molecule has 1 amide bonds. The molecule has 1 saturated heterocycles. The number of aromatic amines is 1. The average Bonchev–Trinajstić information content (AvgIpc) is 2.62. The molecule has 8 nitrogen and oxygen atoms in total. The van der Waals surface area contributed by atoms with Gasteiger partial charge in [-0.25, -0.2) is 4.98 Å². The van der Waals surface area contributed by atoms with Crippen LogP contribution in [-0.4, -0.2) is 54.2 Å². The third-order valence-electron chi connectivity index (χ3n) is 3.89. The smallest absolute Gasteiger partial charge is 0.262 e. The van der Waals surface area contributed by atoms with Crippen molar-refractivity contribution >= 4 is 11.7 Å². The summed E-state index contributed by atoms with van der Waals surface area (Å²) in [5, 5.41) is 2.73. The molecule has 132 valence electrons. The van der Waals surface area contributed by atoms with Crippen LogP contribution >= 0.6 is 0 Å². The third-order valence-corrected chi connectivity index (χ3v) is 3.89. The van der Waals surface area contributed by atoms with Crippen molar-refractivity contribution in [2.45, 2.75) is 6.54 Å². The first-order chi connectivity index (χ1) is 12.2. The second-order valence-electron chi connectivity index (χ2n) is 5.64. The number of hydrogen-bond acceptors (Lipinski definition) is 6. The highest BCUT2D eigenvalue weighted by molar-refractivity contribution is 6.05. The number of anilines is 1. The van der Waals surface area contributed by atoms with E-state index in [1.54, 1.807) is 6.07 Å². The second kappa shape index (κ2) is 7.91. The van der Waals surface area contributed by atoms with E-state index in [0.717, 1.165) is 32.0 Å². The molecular weight excluding hydrogens is 324 g/mol. The molecule has 2 aromatic heterocycles. The zero-order chi connectivity index (χ0) is 17.6. The Balaban J connectivity index is 1.71. The Bertz CT molecular complexity index is 799. The number of ether oxygens (including phenoxy) is 2. The highest BCUT2D eigenvalue weighted by atomic mass is 16.5. The van der Waals surface area contributed by atoms with Crippen molar-refractivity contribution in [3.05, 3.63) is 52.1 Å². The van der Waals surface area contributed by atoms with E-state index in [0.29, 0.717) is 12.4 Å². The predicted molar refractivity (Wildman–Crippen MR) is 91.9 cm³/mol. The van der Waals surface area contributed by atoms with E-state index in [1.165, 1.54) is 19.4 Å². The molecular formula is C17H20N4O4. The fraction of sp³-hybridized carbons (Fsp3) is 0.353. The largest absolute Gasteiger partial charge is 0.496 e. The quantitative estimate of drug-likeness (QED) is 0.835. The molecule has 0 spiro atoms. The van der Waals surface area contributed by atoms with Gasteiger partial charge in [-0.3, -0.25) is 14.5 Å². The van der Waals surface area contributed by atoms with Crippen LogP contribution in [-0.2, 0) is 11.3 Å². The van der Waals surface area contributed by atoms with Crippen LogP contribution in [0.4, 0.5) is 5.82 Å². The Morgan fingerprint density at radius 2 is 2.20 bits per heavy atom. The summed E-state index contributed by atoms with van der Waals surface area (Å²) in [4.78, 5) is 33.0. The molecule has 25 heavy (non-hydrogen) atoms. The first-order valence-electron chi connectivity index (χ1n) is 8.00. The Hall–Kier alpha value is -2.71. The molecule has 1 aliphatic rings. The minimum absolute atomic E-state index is 0.214. The zero-order valence-electron chi connectivity index (χ0n) is 13.9. The molecule has 0 aromatic carbocycles. The number of nitrogens with one attached hydrogen (secondary N) is 2. The van der Waals surface area contributed by atoms with Gasteiger partial charge in [-0.05, 0) is 12.1 Å². The number of rotatable bonds is 5. The Kier molecular flexibility index (Phi) is 5.42. The van der Waals surface area contributed by atoms with Gasteiger partial charge in [0.05, 0.1) is 31.6 Å². The molecule has 1 fully saturated rings. The molecule has 0 unspecified atom stereocenters. The van der Waals surface area contributed by atoms with E-state index >= 15 is 0 Å². The molecule has 2 N–H and O–H groups in total. The normalized spacial score (nSPS) is 14.9. The van der Waals surface area contributed by atoms with Gasteiger partial charge >= 0.3 is 0 Å². The van der Waals surface area contributed by atoms with Crippen molar-refractivity contribution in [3.63, 3.8) is 0 Å². The third kappa shape index (κ3) is 4.43. The van der Waals surface area contributed by atoms with E-state index in [2.05, 4.69) is 20.2 Å². The van der Waals surface area contributed by atoms with Crippen molar-refractivity contribution in [2.24, 2.45) is 0 Å². The van der Waals surface area contributed by atoms with Crippen LogP contribution in [0.5, 0.6) is 5.75 Å². The van der Waals surface area contributed by atoms with Gasteiger partial charge in [0.1, 0.15) is 11.6 Å². The summed E-state index contributed by atoms with van der Waals surface area (Å²) in [7, 11) is 1.41. The summed E-state index contributed by atoms with van der Waals surface area (Å²) in [6, 6.07) is 6.73. The molecule has 3 rings (SSSR count). The average molecular weight is 344 g/mol. The standard InChI is InChI=1S/C17H20N4O4/c1-24-14-9-16(22)18-10-13(14)17(23)20-15-4-2-3-12(19-15)11-21-5-7-25-8-6-21/h2-4,9-10H,5-8,11H2,1H3,(H,18,22)(H,19,20,23). The Morgan fingerprint density at radius 1 is 1.40 bits per heavy atom. The summed E-state index contributed by atoms with van der Waals surface area (Å²) in [5.74, 6) is 0.263. The van der Waals surface area contributed by atoms with Crippen LogP contribution in [0.1, 0.15) is 16.1 Å². The van der Waals surface area contributed by atoms with Gasteiger partial charge in [0.2, 0.25) is 0 Å². The van der Waals surface area contributed by atoms with Gasteiger partial charge in [0.25, 0.3) is 11.5 Å². The molecule has 0 atom stereocenters. The van der Waals surface area contributed by atoms with Crippen LogP contribution in [0.15, 0.2) is 35.3 Å². The number of amides is 1. The number of hydrogen-bond donors (Lipinski definition) is 2. The van der Waals surface area contributed by atoms with Crippen molar-refractivity contribution in [1.29, 1.82) is 0 Å². The van der Waals surface area contributed by atoms with Crippen molar-refractivity contribution < 1.29 is 14.3 Å². The van der Waals surface area contributed by atoms with Crippen LogP contribution in [0.25, 0.3) is 0 Å². The van der Waals surface area contributed by atoms with Crippen LogP contribution in [0.2, 0.25) is 0 Å². The lowest BCUT2D eigenvalue weighted by molar-refractivity contribution is 0.0337. The van der Waals surface area contributed by atoms with Crippen molar-refractivity contribution in [3.8, 4) is 5.75 Å². The maximum atomic E-state index is 12.4. The van der Waals surface area contributed by atoms with Gasteiger partial charge in [0.15, 0.2) is 0 Å². The highest BCUT2D eigenvalue weighted by Crippen LogP contribution is 2.16. The highest BCUT2D eigenvalue weighted by Gasteiger charge is 2.15. The number of morpholine rings is 1. The fourth-order valence-corrected chi connectivity index (χ4v) is 2.61. The van der Waals surface area contributed by atoms with Gasteiger partial charge < -0.3 is 19.8 Å². The lowest BCUT2D eigenvalue weighted by Gasteiger charge is -2.26. The van der Waals surface area contributed by atoms with Crippen LogP contribution < -0.4 is 15.6 Å². The Labute approximate surface area is 144 Å². The van der Waals surface area contributed by atoms with E-state index in [9.17, 15) is 9.59 Å². The van der Waals surface area contributed by atoms with E-state index in [4.69, 9.17) is 9.47 Å². The number of methoxy groups -OCH3 is 1. The molecule has 3 heterocycles. The SMILES string of the molecule is COc1cc(=O)[nH]cc1C(=O)Nc1cccc(CN2CCOCC2)n1. The van der Waals surface area contributed by atoms with E-state index < -0.39 is 5.91 Å². The number of carbonyl (C=O) groups excluding carboxylic acids is 1. The molecule has 0 radical (unpaired) electrons. The fourth-order valence-electron chi connectivity index (χ4n) is 2.61. The van der Waals surface area contributed by atoms with Crippen LogP contribution in [0.3, 0.4) is 0 Å². The van der Waals surface area contributed by atoms with E-state index in [-0.39, 0.29) is 16.9 Å². The van der Waals surface area contributed by atoms with Gasteiger partial charge in [0, 0.05) is 31.9 Å². The summed E-state index contributed by atoms with van der Waals surface area (Å²) >= 11 is 0. The van der Waals surface area contributed by atoms with Crippen molar-refractivity contribution in [2.75, 3.05) is 38.7 Å². The summed E-state index contributed by atoms with van der Waals surface area (Å²) in [6.07, 6.45) is 1.33. The first-order valence-corrected chi connectivity index (χ1v) is 8.00. The minimum atomic E-state index is -0.399. The topological polar surface area (TPSA) is 96.5 Å². The molecule has 2 aromatic rings. The number of aromatic nitrogens is 2. The van der Waals surface area contributed by atoms with E-state index in [1.807, 2.05) is 12.1 Å². The number of H-pyrrole nitrogens is 1. The van der Waals surface area contributed by atoms with Gasteiger partial charge in [-0.15, -0.1) is 0 Å². The molecule has 0 saturated carbocycles. The zero-order valence-corrected chi connectivity index (χ0v) is 13.9. The monoisotopic (exact) mass is 344 g/mol. The first kappa shape index (κ1) is 17.1. The lowest BCUT2D eigenvalue weighted by Crippen LogP contribution is -2.35. The molecule has 0 bridgehead atoms. The predicted octanol–water partition coefficient (Wildman–Crippen LogP) is 0.863. The maximum Gasteiger partial charge on any atom is 0.262 e. The maximum absolute atomic E-state index is 12.4. The minimum Gasteiger partial charge on any atom is -0.496 e. The molecule has 1 aliphatic heterocycles. The van der Waals surface area contributed by atoms with Gasteiger partial charge in [-0.2, -0.15) is 0 Å². The van der Waals surface area contributed by atoms with Crippen molar-refractivity contribution in [1.82, 2.24) is 14.9 Å². The van der Waals surface area contributed by atoms with Gasteiger partial charge in [-0.1, -0.05) is 6.07 Å². The summed E-state index contributed by atoms with van der Waals surface area (Å²) in [5.41, 5.74) is 0.773. The number of pyridine rings is 2. The lowest BCUT2D eigenvalue weighted by atomic mass is 10.2. The number of nitrogens with zero attached hydrogens (tertiary/aromatic N) is 2. The Morgan fingerprint density at radius 3 is 2.96 bits per heavy atom. The summed E-state index contributed by atoms with van der Waals surface area (Å²) in [6.45, 7) is 3.89. The molecule has 0 aliphatic carbocycles. The second-order valence-corrected chi connectivity index (χ2v) is 5.64. The summed E-state index contributed by atoms with van der Waals surface area (Å²) < 4.78 is 10.4. The van der Waals surface area contributed by atoms with Crippen LogP contribution in [0, 0.1) is 0 Å². The number of carbonyl (C=O) groups is 1. The molecule has 8 heteroatoms.